The molecule has 0 aromatic heterocycles. The summed E-state index contributed by atoms with van der Waals surface area (Å²) in [5.74, 6) is -0.272. The van der Waals surface area contributed by atoms with Crippen molar-refractivity contribution in [1.82, 2.24) is 10.0 Å². The standard InChI is InChI=1S/C18H22N2O3S/c1-13(18(21)19-16-8-4-5-9-16)20-24(22,23)17-11-10-14-6-2-3-7-15(14)12-17/h2-3,6-7,10-13,16,20H,4-5,8-9H2,1H3,(H,19,21)/t13-/m0/s1. The largest absolute Gasteiger partial charge is 0.352 e. The maximum Gasteiger partial charge on any atom is 0.241 e. The highest BCUT2D eigenvalue weighted by molar-refractivity contribution is 7.89. The number of benzene rings is 2. The van der Waals surface area contributed by atoms with Crippen LogP contribution in [-0.2, 0) is 14.8 Å². The quantitative estimate of drug-likeness (QED) is 0.874. The molecule has 24 heavy (non-hydrogen) atoms. The number of carbonyl (C=O) groups excluding carboxylic acids is 1. The lowest BCUT2D eigenvalue weighted by molar-refractivity contribution is -0.123. The van der Waals surface area contributed by atoms with Crippen molar-refractivity contribution in [3.63, 3.8) is 0 Å². The second-order valence-electron chi connectivity index (χ2n) is 6.34. The van der Waals surface area contributed by atoms with E-state index in [2.05, 4.69) is 10.0 Å². The van der Waals surface area contributed by atoms with Gasteiger partial charge in [-0.05, 0) is 42.7 Å². The van der Waals surface area contributed by atoms with Crippen molar-refractivity contribution in [2.45, 2.75) is 49.6 Å². The number of carbonyl (C=O) groups is 1. The van der Waals surface area contributed by atoms with E-state index in [1.807, 2.05) is 24.3 Å². The van der Waals surface area contributed by atoms with Crippen molar-refractivity contribution in [2.24, 2.45) is 0 Å². The van der Waals surface area contributed by atoms with E-state index in [0.717, 1.165) is 36.5 Å². The summed E-state index contributed by atoms with van der Waals surface area (Å²) < 4.78 is 27.5. The molecule has 0 heterocycles. The molecule has 1 atom stereocenters. The van der Waals surface area contributed by atoms with Gasteiger partial charge in [0.1, 0.15) is 0 Å². The van der Waals surface area contributed by atoms with Gasteiger partial charge in [-0.25, -0.2) is 8.42 Å². The predicted octanol–water partition coefficient (Wildman–Crippen LogP) is 2.57. The van der Waals surface area contributed by atoms with Gasteiger partial charge in [-0.15, -0.1) is 0 Å². The van der Waals surface area contributed by atoms with Gasteiger partial charge in [0.25, 0.3) is 0 Å². The van der Waals surface area contributed by atoms with Crippen LogP contribution in [0.25, 0.3) is 10.8 Å². The molecule has 1 aliphatic carbocycles. The van der Waals surface area contributed by atoms with Gasteiger partial charge < -0.3 is 5.32 Å². The Morgan fingerprint density at radius 2 is 1.75 bits per heavy atom. The topological polar surface area (TPSA) is 75.3 Å². The summed E-state index contributed by atoms with van der Waals surface area (Å²) >= 11 is 0. The molecule has 1 fully saturated rings. The molecule has 2 aromatic rings. The van der Waals surface area contributed by atoms with Gasteiger partial charge in [-0.2, -0.15) is 4.72 Å². The number of fused-ring (bicyclic) bond motifs is 1. The molecule has 2 aromatic carbocycles. The molecule has 2 N–H and O–H groups in total. The van der Waals surface area contributed by atoms with E-state index in [0.29, 0.717) is 0 Å². The summed E-state index contributed by atoms with van der Waals surface area (Å²) in [6.07, 6.45) is 4.16. The fraction of sp³-hybridized carbons (Fsp3) is 0.389. The highest BCUT2D eigenvalue weighted by atomic mass is 32.2. The van der Waals surface area contributed by atoms with Crippen LogP contribution < -0.4 is 10.0 Å². The summed E-state index contributed by atoms with van der Waals surface area (Å²) in [6, 6.07) is 11.9. The molecule has 3 rings (SSSR count). The van der Waals surface area contributed by atoms with E-state index < -0.39 is 16.1 Å². The molecule has 6 heteroatoms. The molecular formula is C18H22N2O3S. The van der Waals surface area contributed by atoms with Gasteiger partial charge in [-0.1, -0.05) is 43.2 Å². The van der Waals surface area contributed by atoms with Crippen LogP contribution in [0.3, 0.4) is 0 Å². The Morgan fingerprint density at radius 1 is 1.08 bits per heavy atom. The smallest absolute Gasteiger partial charge is 0.241 e. The van der Waals surface area contributed by atoms with Gasteiger partial charge in [0.15, 0.2) is 0 Å². The van der Waals surface area contributed by atoms with E-state index in [1.165, 1.54) is 0 Å². The molecule has 5 nitrogen and oxygen atoms in total. The lowest BCUT2D eigenvalue weighted by Gasteiger charge is -2.18. The Balaban J connectivity index is 1.72. The third-order valence-electron chi connectivity index (χ3n) is 4.46. The maximum absolute atomic E-state index is 12.5. The van der Waals surface area contributed by atoms with Gasteiger partial charge in [-0.3, -0.25) is 4.79 Å². The van der Waals surface area contributed by atoms with Gasteiger partial charge in [0, 0.05) is 6.04 Å². The van der Waals surface area contributed by atoms with E-state index in [-0.39, 0.29) is 16.8 Å². The first-order valence-corrected chi connectivity index (χ1v) is 9.75. The van der Waals surface area contributed by atoms with Gasteiger partial charge >= 0.3 is 0 Å². The molecule has 0 spiro atoms. The molecular weight excluding hydrogens is 324 g/mol. The Labute approximate surface area is 142 Å². The van der Waals surface area contributed by atoms with Crippen LogP contribution in [-0.4, -0.2) is 26.4 Å². The zero-order chi connectivity index (χ0) is 17.2. The number of hydrogen-bond donors (Lipinski definition) is 2. The number of hydrogen-bond acceptors (Lipinski definition) is 3. The summed E-state index contributed by atoms with van der Waals surface area (Å²) in [6.45, 7) is 1.57. The van der Waals surface area contributed by atoms with Crippen LogP contribution in [0, 0.1) is 0 Å². The zero-order valence-corrected chi connectivity index (χ0v) is 14.5. The predicted molar refractivity (Wildman–Crippen MR) is 94.1 cm³/mol. The zero-order valence-electron chi connectivity index (χ0n) is 13.7. The first-order valence-electron chi connectivity index (χ1n) is 8.27. The van der Waals surface area contributed by atoms with Crippen LogP contribution in [0.15, 0.2) is 47.4 Å². The molecule has 1 amide bonds. The SMILES string of the molecule is C[C@H](NS(=O)(=O)c1ccc2ccccc2c1)C(=O)NC1CCCC1. The van der Waals surface area contributed by atoms with Crippen LogP contribution in [0.2, 0.25) is 0 Å². The minimum Gasteiger partial charge on any atom is -0.352 e. The number of amides is 1. The van der Waals surface area contributed by atoms with Crippen molar-refractivity contribution in [2.75, 3.05) is 0 Å². The van der Waals surface area contributed by atoms with Crippen molar-refractivity contribution in [3.05, 3.63) is 42.5 Å². The fourth-order valence-corrected chi connectivity index (χ4v) is 4.32. The Hall–Kier alpha value is -1.92. The molecule has 0 unspecified atom stereocenters. The summed E-state index contributed by atoms with van der Waals surface area (Å²) in [5.41, 5.74) is 0. The first-order chi connectivity index (χ1) is 11.5. The van der Waals surface area contributed by atoms with Crippen LogP contribution in [0.4, 0.5) is 0 Å². The second-order valence-corrected chi connectivity index (χ2v) is 8.06. The molecule has 0 aliphatic heterocycles. The van der Waals surface area contributed by atoms with Gasteiger partial charge in [0.05, 0.1) is 10.9 Å². The molecule has 1 saturated carbocycles. The first kappa shape index (κ1) is 16.9. The molecule has 0 radical (unpaired) electrons. The average molecular weight is 346 g/mol. The second kappa shape index (κ2) is 6.91. The van der Waals surface area contributed by atoms with E-state index in [4.69, 9.17) is 0 Å². The summed E-state index contributed by atoms with van der Waals surface area (Å²) in [4.78, 5) is 12.4. The minimum atomic E-state index is -3.74. The molecule has 0 bridgehead atoms. The van der Waals surface area contributed by atoms with Crippen molar-refractivity contribution in [3.8, 4) is 0 Å². The van der Waals surface area contributed by atoms with Crippen molar-refractivity contribution in [1.29, 1.82) is 0 Å². The third-order valence-corrected chi connectivity index (χ3v) is 6.00. The third kappa shape index (κ3) is 3.76. The Morgan fingerprint density at radius 3 is 2.46 bits per heavy atom. The van der Waals surface area contributed by atoms with Crippen LogP contribution in [0.5, 0.6) is 0 Å². The van der Waals surface area contributed by atoms with Gasteiger partial charge in [0.2, 0.25) is 15.9 Å². The Kier molecular flexibility index (Phi) is 4.87. The normalized spacial score (nSPS) is 17.0. The monoisotopic (exact) mass is 346 g/mol. The van der Waals surface area contributed by atoms with E-state index in [1.54, 1.807) is 25.1 Å². The van der Waals surface area contributed by atoms with Crippen molar-refractivity contribution < 1.29 is 13.2 Å². The van der Waals surface area contributed by atoms with Crippen molar-refractivity contribution >= 4 is 26.7 Å². The number of sulfonamides is 1. The highest BCUT2D eigenvalue weighted by Crippen LogP contribution is 2.20. The molecule has 0 saturated heterocycles. The maximum atomic E-state index is 12.5. The lowest BCUT2D eigenvalue weighted by Crippen LogP contribution is -2.47. The van der Waals surface area contributed by atoms with Crippen LogP contribution >= 0.6 is 0 Å². The molecule has 128 valence electrons. The fourth-order valence-electron chi connectivity index (χ4n) is 3.09. The Bertz CT molecular complexity index is 842. The minimum absolute atomic E-state index is 0.168. The average Bonchev–Trinajstić information content (AvgIpc) is 3.07. The number of nitrogens with one attached hydrogen (secondary N) is 2. The highest BCUT2D eigenvalue weighted by Gasteiger charge is 2.25. The van der Waals surface area contributed by atoms with E-state index >= 15 is 0 Å². The summed E-state index contributed by atoms with van der Waals surface area (Å²) in [7, 11) is -3.74. The molecule has 1 aliphatic rings. The lowest BCUT2D eigenvalue weighted by atomic mass is 10.1. The number of rotatable bonds is 5. The van der Waals surface area contributed by atoms with E-state index in [9.17, 15) is 13.2 Å². The summed E-state index contributed by atoms with van der Waals surface area (Å²) in [5, 5.41) is 4.74. The van der Waals surface area contributed by atoms with Crippen LogP contribution in [0.1, 0.15) is 32.6 Å².